The summed E-state index contributed by atoms with van der Waals surface area (Å²) in [6, 6.07) is 3.70. The van der Waals surface area contributed by atoms with Crippen molar-refractivity contribution in [2.45, 2.75) is 72.6 Å². The standard InChI is InChI=1S/C6H5BrN2O.C6H5N2O.3C4H9.Sn/c7-5-1-4(6(8)10)2-9-3-5;7-6(9)5-2-1-3-8-4-5;3*1-3-4-2;/h1-3H,(H2,8,10);2-4H,(H2,7,9);3*1,3-4H2,2H3;. The normalized spacial score (nSPS) is 10.9. The Bertz CT molecular complexity index is 842. The summed E-state index contributed by atoms with van der Waals surface area (Å²) in [5.74, 6) is -0.815. The summed E-state index contributed by atoms with van der Waals surface area (Å²) < 4.78 is 6.32. The molecule has 0 aromatic carbocycles. The van der Waals surface area contributed by atoms with Crippen LogP contribution in [0.3, 0.4) is 0 Å². The number of carbonyl (C=O) groups excluding carboxylic acids is 2. The number of aromatic nitrogens is 2. The maximum absolute atomic E-state index is 11.5. The monoisotopic (exact) mass is 612 g/mol. The van der Waals surface area contributed by atoms with Crippen molar-refractivity contribution >= 4 is 49.7 Å². The maximum atomic E-state index is 11.5. The molecule has 0 atom stereocenters. The second-order valence-corrected chi connectivity index (χ2v) is 22.3. The van der Waals surface area contributed by atoms with Gasteiger partial charge in [-0.25, -0.2) is 0 Å². The van der Waals surface area contributed by atoms with Crippen molar-refractivity contribution < 1.29 is 9.59 Å². The fraction of sp³-hybridized carbons (Fsp3) is 0.500. The van der Waals surface area contributed by atoms with Gasteiger partial charge in [0.15, 0.2) is 0 Å². The van der Waals surface area contributed by atoms with Gasteiger partial charge in [0.05, 0.1) is 5.56 Å². The van der Waals surface area contributed by atoms with Gasteiger partial charge in [-0.3, -0.25) is 9.78 Å². The Labute approximate surface area is 205 Å². The van der Waals surface area contributed by atoms with Crippen LogP contribution in [0.5, 0.6) is 0 Å². The van der Waals surface area contributed by atoms with E-state index in [1.807, 2.05) is 6.20 Å². The van der Waals surface area contributed by atoms with Crippen molar-refractivity contribution in [3.8, 4) is 0 Å². The van der Waals surface area contributed by atoms with Gasteiger partial charge in [-0.2, -0.15) is 0 Å². The van der Waals surface area contributed by atoms with Gasteiger partial charge >= 0.3 is 140 Å². The van der Waals surface area contributed by atoms with Crippen LogP contribution in [-0.2, 0) is 0 Å². The number of amides is 2. The summed E-state index contributed by atoms with van der Waals surface area (Å²) in [6.07, 6.45) is 14.4. The van der Waals surface area contributed by atoms with Gasteiger partial charge in [0.2, 0.25) is 5.91 Å². The van der Waals surface area contributed by atoms with Crippen LogP contribution in [0.4, 0.5) is 0 Å². The molecule has 2 rings (SSSR count). The second kappa shape index (κ2) is 15.4. The number of halogens is 1. The van der Waals surface area contributed by atoms with Gasteiger partial charge in [-0.15, -0.1) is 0 Å². The number of rotatable bonds is 12. The molecule has 176 valence electrons. The number of nitrogens with two attached hydrogens (primary N) is 2. The Morgan fingerprint density at radius 1 is 0.781 bits per heavy atom. The van der Waals surface area contributed by atoms with Crippen LogP contribution < -0.4 is 15.0 Å². The van der Waals surface area contributed by atoms with Gasteiger partial charge in [0.1, 0.15) is 0 Å². The second-order valence-electron chi connectivity index (χ2n) is 8.17. The SMILES string of the molecule is CCC[CH2][Sn]([CH2]CCC)([CH2]CCC)[c]1cncc(C(N)=O)c1.NC(=O)c1cncc(Br)c1. The average Bonchev–Trinajstić information content (AvgIpc) is 2.79. The molecule has 0 unspecified atom stereocenters. The molecule has 0 bridgehead atoms. The number of pyridine rings is 2. The minimum atomic E-state index is -2.47. The van der Waals surface area contributed by atoms with Gasteiger partial charge in [-0.05, 0) is 22.0 Å². The molecular weight excluding hydrogens is 575 g/mol. The van der Waals surface area contributed by atoms with E-state index in [9.17, 15) is 9.59 Å². The van der Waals surface area contributed by atoms with Crippen LogP contribution >= 0.6 is 15.9 Å². The van der Waals surface area contributed by atoms with Crippen LogP contribution in [0.15, 0.2) is 41.4 Å². The van der Waals surface area contributed by atoms with E-state index < -0.39 is 24.3 Å². The Kier molecular flexibility index (Phi) is 13.7. The van der Waals surface area contributed by atoms with E-state index in [2.05, 4.69) is 52.7 Å². The van der Waals surface area contributed by atoms with E-state index in [1.54, 1.807) is 18.5 Å². The quantitative estimate of drug-likeness (QED) is 0.322. The first kappa shape index (κ1) is 28.6. The van der Waals surface area contributed by atoms with Gasteiger partial charge in [0, 0.05) is 16.9 Å². The smallest absolute Gasteiger partial charge is 0.250 e. The van der Waals surface area contributed by atoms with E-state index >= 15 is 0 Å². The summed E-state index contributed by atoms with van der Waals surface area (Å²) in [7, 11) is 0. The van der Waals surface area contributed by atoms with E-state index in [0.29, 0.717) is 11.1 Å². The summed E-state index contributed by atoms with van der Waals surface area (Å²) in [5.41, 5.74) is 11.5. The number of hydrogen-bond acceptors (Lipinski definition) is 4. The van der Waals surface area contributed by atoms with Crippen LogP contribution in [0.2, 0.25) is 13.3 Å². The minimum absolute atomic E-state index is 0.351. The number of nitrogens with zero attached hydrogens (tertiary/aromatic N) is 2. The van der Waals surface area contributed by atoms with Crippen molar-refractivity contribution in [3.63, 3.8) is 0 Å². The molecule has 0 aliphatic heterocycles. The third-order valence-electron chi connectivity index (χ3n) is 5.65. The predicted octanol–water partition coefficient (Wildman–Crippen LogP) is 5.18. The summed E-state index contributed by atoms with van der Waals surface area (Å²) in [5, 5.41) is 0. The molecule has 0 aliphatic rings. The zero-order chi connectivity index (χ0) is 24.0. The summed E-state index contributed by atoms with van der Waals surface area (Å²) >= 11 is 0.690. The molecule has 0 saturated heterocycles. The van der Waals surface area contributed by atoms with Gasteiger partial charge in [0.25, 0.3) is 0 Å². The average molecular weight is 612 g/mol. The Morgan fingerprint density at radius 3 is 1.59 bits per heavy atom. The zero-order valence-corrected chi connectivity index (χ0v) is 24.0. The molecule has 8 heteroatoms. The first-order valence-electron chi connectivity index (χ1n) is 11.4. The maximum Gasteiger partial charge on any atom is 0.250 e. The van der Waals surface area contributed by atoms with Crippen molar-refractivity contribution in [3.05, 3.63) is 52.5 Å². The molecule has 6 nitrogen and oxygen atoms in total. The molecule has 0 saturated carbocycles. The molecule has 0 aliphatic carbocycles. The van der Waals surface area contributed by atoms with Crippen molar-refractivity contribution in [1.29, 1.82) is 0 Å². The molecule has 0 spiro atoms. The third kappa shape index (κ3) is 9.56. The van der Waals surface area contributed by atoms with Gasteiger partial charge < -0.3 is 5.73 Å². The molecule has 2 amide bonds. The van der Waals surface area contributed by atoms with Crippen LogP contribution in [0.25, 0.3) is 0 Å². The molecule has 2 aromatic heterocycles. The van der Waals surface area contributed by atoms with Crippen LogP contribution in [-0.4, -0.2) is 40.2 Å². The predicted molar refractivity (Wildman–Crippen MR) is 138 cm³/mol. The van der Waals surface area contributed by atoms with Crippen molar-refractivity contribution in [2.75, 3.05) is 0 Å². The van der Waals surface area contributed by atoms with Crippen LogP contribution in [0, 0.1) is 0 Å². The Balaban J connectivity index is 0.000000425. The molecule has 2 aromatic rings. The fourth-order valence-electron chi connectivity index (χ4n) is 3.76. The zero-order valence-electron chi connectivity index (χ0n) is 19.6. The number of carbonyl (C=O) groups is 2. The Morgan fingerprint density at radius 2 is 1.22 bits per heavy atom. The molecule has 0 fully saturated rings. The number of unbranched alkanes of at least 4 members (excludes halogenated alkanes) is 3. The summed E-state index contributed by atoms with van der Waals surface area (Å²) in [6.45, 7) is 6.82. The number of hydrogen-bond donors (Lipinski definition) is 2. The van der Waals surface area contributed by atoms with E-state index in [4.69, 9.17) is 11.5 Å². The van der Waals surface area contributed by atoms with E-state index in [1.165, 1.54) is 61.6 Å². The van der Waals surface area contributed by atoms with Gasteiger partial charge in [-0.1, -0.05) is 0 Å². The Hall–Kier alpha value is -1.48. The minimum Gasteiger partial charge on any atom is -0.366 e. The molecule has 32 heavy (non-hydrogen) atoms. The molecule has 2 heterocycles. The largest absolute Gasteiger partial charge is 0.366 e. The van der Waals surface area contributed by atoms with Crippen LogP contribution in [0.1, 0.15) is 80.0 Å². The molecule has 4 N–H and O–H groups in total. The molecule has 0 radical (unpaired) electrons. The van der Waals surface area contributed by atoms with E-state index in [-0.39, 0.29) is 5.91 Å². The summed E-state index contributed by atoms with van der Waals surface area (Å²) in [4.78, 5) is 30.1. The van der Waals surface area contributed by atoms with Crippen molar-refractivity contribution in [1.82, 2.24) is 9.97 Å². The van der Waals surface area contributed by atoms with Crippen molar-refractivity contribution in [2.24, 2.45) is 11.5 Å². The third-order valence-corrected chi connectivity index (χ3v) is 21.6. The molecular formula is C24H37BrN4O2Sn. The topological polar surface area (TPSA) is 112 Å². The number of primary amides is 2. The van der Waals surface area contributed by atoms with E-state index in [0.717, 1.165) is 4.47 Å². The first-order chi connectivity index (χ1) is 15.3. The fourth-order valence-corrected chi connectivity index (χ4v) is 19.9. The first-order valence-corrected chi connectivity index (χ1v) is 19.7.